The van der Waals surface area contributed by atoms with E-state index in [1.54, 1.807) is 0 Å². The molecule has 0 unspecified atom stereocenters. The van der Waals surface area contributed by atoms with Crippen molar-refractivity contribution in [1.82, 2.24) is 15.0 Å². The molecule has 3 heteroatoms. The van der Waals surface area contributed by atoms with E-state index in [0.717, 1.165) is 55.4 Å². The summed E-state index contributed by atoms with van der Waals surface area (Å²) in [4.78, 5) is 14.9. The van der Waals surface area contributed by atoms with Gasteiger partial charge < -0.3 is 0 Å². The van der Waals surface area contributed by atoms with Crippen LogP contribution >= 0.6 is 0 Å². The normalized spacial score (nSPS) is 11.5. The number of nitrogens with zero attached hydrogens (tertiary/aromatic N) is 3. The Morgan fingerprint density at radius 1 is 0.400 bits per heavy atom. The van der Waals surface area contributed by atoms with Crippen LogP contribution in [0.4, 0.5) is 0 Å². The van der Waals surface area contributed by atoms with Crippen LogP contribution in [0.25, 0.3) is 77.1 Å². The predicted octanol–water partition coefficient (Wildman–Crippen LogP) is 9.49. The van der Waals surface area contributed by atoms with Gasteiger partial charge in [-0.3, -0.25) is 4.98 Å². The van der Waals surface area contributed by atoms with Crippen molar-refractivity contribution >= 4 is 43.4 Å². The van der Waals surface area contributed by atoms with Crippen LogP contribution in [0.2, 0.25) is 0 Å². The van der Waals surface area contributed by atoms with Crippen molar-refractivity contribution in [2.75, 3.05) is 0 Å². The minimum Gasteiger partial charge on any atom is -0.256 e. The summed E-state index contributed by atoms with van der Waals surface area (Å²) in [6, 6.07) is 46.6. The Kier molecular flexibility index (Phi) is 5.14. The van der Waals surface area contributed by atoms with Crippen LogP contribution in [-0.2, 0) is 0 Å². The van der Waals surface area contributed by atoms with Crippen molar-refractivity contribution in [1.29, 1.82) is 0 Å². The average molecular weight is 510 g/mol. The molecule has 0 N–H and O–H groups in total. The summed E-state index contributed by atoms with van der Waals surface area (Å²) >= 11 is 0. The quantitative estimate of drug-likeness (QED) is 0.223. The van der Waals surface area contributed by atoms with Crippen molar-refractivity contribution in [3.05, 3.63) is 140 Å². The highest BCUT2D eigenvalue weighted by molar-refractivity contribution is 6.12. The van der Waals surface area contributed by atoms with E-state index in [9.17, 15) is 0 Å². The van der Waals surface area contributed by atoms with Crippen molar-refractivity contribution < 1.29 is 0 Å². The second-order valence-electron chi connectivity index (χ2n) is 10.1. The molecule has 0 aliphatic heterocycles. The van der Waals surface area contributed by atoms with Gasteiger partial charge in [0.25, 0.3) is 0 Å². The average Bonchev–Trinajstić information content (AvgIpc) is 3.04. The van der Waals surface area contributed by atoms with E-state index in [4.69, 9.17) is 9.97 Å². The number of aromatic nitrogens is 3. The Labute approximate surface area is 231 Å². The molecule has 186 valence electrons. The number of rotatable bonds is 3. The maximum absolute atomic E-state index is 5.23. The van der Waals surface area contributed by atoms with Gasteiger partial charge in [-0.25, -0.2) is 9.97 Å². The molecule has 3 nitrogen and oxygen atoms in total. The molecule has 8 aromatic rings. The van der Waals surface area contributed by atoms with Crippen molar-refractivity contribution in [3.8, 4) is 33.8 Å². The van der Waals surface area contributed by atoms with Gasteiger partial charge in [-0.1, -0.05) is 115 Å². The number of fused-ring (bicyclic) bond motifs is 5. The fourth-order valence-electron chi connectivity index (χ4n) is 5.78. The molecule has 0 aliphatic rings. The Hall–Kier alpha value is -5.41. The van der Waals surface area contributed by atoms with Gasteiger partial charge >= 0.3 is 0 Å². The summed E-state index contributed by atoms with van der Waals surface area (Å²) < 4.78 is 0. The molecule has 0 amide bonds. The van der Waals surface area contributed by atoms with E-state index in [-0.39, 0.29) is 0 Å². The van der Waals surface area contributed by atoms with Crippen LogP contribution in [-0.4, -0.2) is 15.0 Å². The highest BCUT2D eigenvalue weighted by Crippen LogP contribution is 2.37. The maximum atomic E-state index is 5.23. The summed E-state index contributed by atoms with van der Waals surface area (Å²) in [7, 11) is 0. The maximum Gasteiger partial charge on any atom is 0.160 e. The topological polar surface area (TPSA) is 38.7 Å². The SMILES string of the molecule is c1ccc2c(-c3nc(-c4ccc(-c5ccnc6ccccc56)cc4)nc4c3ccc3ccccc34)cccc2c1. The molecule has 0 radical (unpaired) electrons. The van der Waals surface area contributed by atoms with E-state index in [1.807, 2.05) is 12.3 Å². The second kappa shape index (κ2) is 9.11. The lowest BCUT2D eigenvalue weighted by Crippen LogP contribution is -1.96. The smallest absolute Gasteiger partial charge is 0.160 e. The predicted molar refractivity (Wildman–Crippen MR) is 166 cm³/mol. The zero-order valence-corrected chi connectivity index (χ0v) is 21.6. The minimum atomic E-state index is 0.720. The van der Waals surface area contributed by atoms with Gasteiger partial charge in [0.1, 0.15) is 0 Å². The van der Waals surface area contributed by atoms with Gasteiger partial charge in [0, 0.05) is 33.5 Å². The molecule has 8 rings (SSSR count). The first-order valence-corrected chi connectivity index (χ1v) is 13.5. The van der Waals surface area contributed by atoms with Gasteiger partial charge in [0.05, 0.1) is 16.7 Å². The first-order chi connectivity index (χ1) is 19.8. The fraction of sp³-hybridized carbons (Fsp3) is 0. The molecular weight excluding hydrogens is 486 g/mol. The molecule has 2 heterocycles. The molecule has 0 spiro atoms. The lowest BCUT2D eigenvalue weighted by molar-refractivity contribution is 1.24. The van der Waals surface area contributed by atoms with Crippen LogP contribution in [0.1, 0.15) is 0 Å². The van der Waals surface area contributed by atoms with E-state index >= 15 is 0 Å². The van der Waals surface area contributed by atoms with Gasteiger partial charge in [-0.15, -0.1) is 0 Å². The highest BCUT2D eigenvalue weighted by atomic mass is 14.9. The summed E-state index contributed by atoms with van der Waals surface area (Å²) in [5.41, 5.74) is 7.32. The third-order valence-corrected chi connectivity index (χ3v) is 7.74. The van der Waals surface area contributed by atoms with Crippen LogP contribution < -0.4 is 0 Å². The summed E-state index contributed by atoms with van der Waals surface area (Å²) in [6.45, 7) is 0. The third-order valence-electron chi connectivity index (χ3n) is 7.74. The van der Waals surface area contributed by atoms with Crippen LogP contribution in [0.5, 0.6) is 0 Å². The molecule has 0 aliphatic carbocycles. The molecule has 0 saturated carbocycles. The lowest BCUT2D eigenvalue weighted by atomic mass is 9.97. The lowest BCUT2D eigenvalue weighted by Gasteiger charge is -2.13. The number of hydrogen-bond acceptors (Lipinski definition) is 3. The molecule has 6 aromatic carbocycles. The minimum absolute atomic E-state index is 0.720. The van der Waals surface area contributed by atoms with Crippen molar-refractivity contribution in [2.45, 2.75) is 0 Å². The first-order valence-electron chi connectivity index (χ1n) is 13.5. The Balaban J connectivity index is 1.36. The summed E-state index contributed by atoms with van der Waals surface area (Å²) in [6.07, 6.45) is 1.87. The molecule has 2 aromatic heterocycles. The van der Waals surface area contributed by atoms with Crippen LogP contribution in [0, 0.1) is 0 Å². The zero-order chi connectivity index (χ0) is 26.5. The van der Waals surface area contributed by atoms with Gasteiger partial charge in [-0.05, 0) is 45.5 Å². The van der Waals surface area contributed by atoms with Gasteiger partial charge in [0.2, 0.25) is 0 Å². The highest BCUT2D eigenvalue weighted by Gasteiger charge is 2.16. The largest absolute Gasteiger partial charge is 0.256 e. The number of para-hydroxylation sites is 1. The molecular formula is C37H23N3. The Morgan fingerprint density at radius 3 is 1.93 bits per heavy atom. The second-order valence-corrected chi connectivity index (χ2v) is 10.1. The standard InChI is InChI=1S/C37H23N3/c1-3-11-28-24(8-1)10-7-14-32(28)36-33-21-20-25-9-2-4-12-30(25)35(33)39-37(40-36)27-18-16-26(17-19-27)29-22-23-38-34-15-6-5-13-31(29)34/h1-23H. The van der Waals surface area contributed by atoms with Crippen molar-refractivity contribution in [2.24, 2.45) is 0 Å². The summed E-state index contributed by atoms with van der Waals surface area (Å²) in [5, 5.41) is 6.88. The van der Waals surface area contributed by atoms with Crippen LogP contribution in [0.3, 0.4) is 0 Å². The molecule has 40 heavy (non-hydrogen) atoms. The van der Waals surface area contributed by atoms with Gasteiger partial charge in [-0.2, -0.15) is 0 Å². The van der Waals surface area contributed by atoms with E-state index < -0.39 is 0 Å². The van der Waals surface area contributed by atoms with Crippen molar-refractivity contribution in [3.63, 3.8) is 0 Å². The Morgan fingerprint density at radius 2 is 1.07 bits per heavy atom. The van der Waals surface area contributed by atoms with Crippen LogP contribution in [0.15, 0.2) is 140 Å². The van der Waals surface area contributed by atoms with E-state index in [1.165, 1.54) is 21.7 Å². The van der Waals surface area contributed by atoms with E-state index in [0.29, 0.717) is 0 Å². The monoisotopic (exact) mass is 509 g/mol. The summed E-state index contributed by atoms with van der Waals surface area (Å²) in [5.74, 6) is 0.720. The zero-order valence-electron chi connectivity index (χ0n) is 21.6. The van der Waals surface area contributed by atoms with Gasteiger partial charge in [0.15, 0.2) is 5.82 Å². The molecule has 0 atom stereocenters. The Bertz CT molecular complexity index is 2200. The first kappa shape index (κ1) is 22.6. The number of pyridine rings is 1. The molecule has 0 saturated heterocycles. The number of benzene rings is 6. The molecule has 0 fully saturated rings. The third kappa shape index (κ3) is 3.63. The fourth-order valence-corrected chi connectivity index (χ4v) is 5.78. The molecule has 0 bridgehead atoms. The van der Waals surface area contributed by atoms with E-state index in [2.05, 4.69) is 132 Å². The number of hydrogen-bond donors (Lipinski definition) is 0.